The summed E-state index contributed by atoms with van der Waals surface area (Å²) in [5, 5.41) is 11.5. The lowest BCUT2D eigenvalue weighted by Crippen LogP contribution is -2.40. The monoisotopic (exact) mass is 263 g/mol. The maximum atomic E-state index is 13.2. The quantitative estimate of drug-likeness (QED) is 0.803. The van der Waals surface area contributed by atoms with Crippen LogP contribution in [0.5, 0.6) is 0 Å². The van der Waals surface area contributed by atoms with E-state index in [1.54, 1.807) is 0 Å². The van der Waals surface area contributed by atoms with E-state index in [1.165, 1.54) is 18.2 Å². The Labute approximate surface area is 112 Å². The summed E-state index contributed by atoms with van der Waals surface area (Å²) in [5.74, 6) is 4.67. The summed E-state index contributed by atoms with van der Waals surface area (Å²) in [6, 6.07) is 3.87. The Morgan fingerprint density at radius 1 is 1.42 bits per heavy atom. The molecule has 2 N–H and O–H groups in total. The Morgan fingerprint density at radius 2 is 2.11 bits per heavy atom. The summed E-state index contributed by atoms with van der Waals surface area (Å²) in [5.41, 5.74) is 0.290. The highest BCUT2D eigenvalue weighted by Gasteiger charge is 2.17. The van der Waals surface area contributed by atoms with Gasteiger partial charge in [-0.3, -0.25) is 4.79 Å². The van der Waals surface area contributed by atoms with Gasteiger partial charge in [-0.15, -0.1) is 0 Å². The number of amides is 1. The highest BCUT2D eigenvalue weighted by molar-refractivity contribution is 5.97. The molecule has 0 heterocycles. The van der Waals surface area contributed by atoms with Gasteiger partial charge in [-0.2, -0.15) is 0 Å². The van der Waals surface area contributed by atoms with Gasteiger partial charge in [-0.1, -0.05) is 11.8 Å². The Bertz CT molecular complexity index is 521. The molecule has 0 saturated carbocycles. The van der Waals surface area contributed by atoms with Crippen LogP contribution in [0.15, 0.2) is 18.2 Å². The first kappa shape index (κ1) is 15.2. The third-order valence-corrected chi connectivity index (χ3v) is 2.17. The van der Waals surface area contributed by atoms with Crippen molar-refractivity contribution in [3.63, 3.8) is 0 Å². The lowest BCUT2D eigenvalue weighted by molar-refractivity contribution is 0.0919. The molecular weight excluding hydrogens is 245 g/mol. The zero-order valence-corrected chi connectivity index (χ0v) is 11.4. The number of hydrogen-bond donors (Lipinski definition) is 2. The zero-order chi connectivity index (χ0) is 14.5. The highest BCUT2D eigenvalue weighted by Crippen LogP contribution is 2.12. The van der Waals surface area contributed by atoms with E-state index >= 15 is 0 Å². The SMILES string of the molecule is CC(C)(C)NC(=O)c1ccc(F)cc1C#CCCO. The predicted molar refractivity (Wildman–Crippen MR) is 72.2 cm³/mol. The third kappa shape index (κ3) is 5.11. The van der Waals surface area contributed by atoms with Crippen LogP contribution in [0, 0.1) is 17.7 Å². The molecule has 19 heavy (non-hydrogen) atoms. The Hall–Kier alpha value is -1.86. The molecule has 0 aromatic heterocycles. The fourth-order valence-electron chi connectivity index (χ4n) is 1.44. The minimum absolute atomic E-state index is 0.0637. The van der Waals surface area contributed by atoms with Crippen LogP contribution in [-0.4, -0.2) is 23.2 Å². The number of aliphatic hydroxyl groups excluding tert-OH is 1. The molecule has 1 rings (SSSR count). The first-order valence-electron chi connectivity index (χ1n) is 6.05. The second-order valence-electron chi connectivity index (χ2n) is 5.17. The van der Waals surface area contributed by atoms with E-state index in [0.29, 0.717) is 11.1 Å². The fourth-order valence-corrected chi connectivity index (χ4v) is 1.44. The molecule has 0 aliphatic carbocycles. The molecule has 0 spiro atoms. The summed E-state index contributed by atoms with van der Waals surface area (Å²) in [6.07, 6.45) is 0.289. The van der Waals surface area contributed by atoms with Gasteiger partial charge >= 0.3 is 0 Å². The van der Waals surface area contributed by atoms with Gasteiger partial charge in [-0.05, 0) is 39.0 Å². The predicted octanol–water partition coefficient (Wildman–Crippen LogP) is 2.09. The molecule has 0 bridgehead atoms. The summed E-state index contributed by atoms with van der Waals surface area (Å²) in [6.45, 7) is 5.54. The third-order valence-electron chi connectivity index (χ3n) is 2.17. The van der Waals surface area contributed by atoms with E-state index in [9.17, 15) is 9.18 Å². The number of hydrogen-bond acceptors (Lipinski definition) is 2. The number of rotatable bonds is 2. The minimum atomic E-state index is -0.444. The standard InChI is InChI=1S/C15H18FNO2/c1-15(2,3)17-14(19)13-8-7-12(16)10-11(13)6-4-5-9-18/h7-8,10,18H,5,9H2,1-3H3,(H,17,19). The van der Waals surface area contributed by atoms with Crippen molar-refractivity contribution in [1.29, 1.82) is 0 Å². The van der Waals surface area contributed by atoms with Crippen molar-refractivity contribution in [1.82, 2.24) is 5.32 Å². The molecular formula is C15H18FNO2. The van der Waals surface area contributed by atoms with Crippen molar-refractivity contribution in [3.05, 3.63) is 35.1 Å². The van der Waals surface area contributed by atoms with Crippen molar-refractivity contribution in [2.75, 3.05) is 6.61 Å². The van der Waals surface area contributed by atoms with E-state index in [1.807, 2.05) is 20.8 Å². The van der Waals surface area contributed by atoms with E-state index in [-0.39, 0.29) is 24.5 Å². The maximum absolute atomic E-state index is 13.2. The average molecular weight is 263 g/mol. The van der Waals surface area contributed by atoms with Crippen LogP contribution in [0.1, 0.15) is 43.1 Å². The van der Waals surface area contributed by atoms with Gasteiger partial charge in [0.25, 0.3) is 5.91 Å². The second-order valence-corrected chi connectivity index (χ2v) is 5.17. The van der Waals surface area contributed by atoms with Crippen LogP contribution in [0.3, 0.4) is 0 Å². The molecule has 102 valence electrons. The van der Waals surface area contributed by atoms with E-state index in [0.717, 1.165) is 0 Å². The molecule has 1 aromatic carbocycles. The summed E-state index contributed by atoms with van der Waals surface area (Å²) < 4.78 is 13.2. The molecule has 0 radical (unpaired) electrons. The molecule has 0 aliphatic heterocycles. The first-order valence-corrected chi connectivity index (χ1v) is 6.05. The van der Waals surface area contributed by atoms with Crippen LogP contribution < -0.4 is 5.32 Å². The van der Waals surface area contributed by atoms with Crippen LogP contribution in [0.4, 0.5) is 4.39 Å². The number of halogens is 1. The maximum Gasteiger partial charge on any atom is 0.252 e. The van der Waals surface area contributed by atoms with Gasteiger partial charge in [0.1, 0.15) is 5.82 Å². The smallest absolute Gasteiger partial charge is 0.252 e. The van der Waals surface area contributed by atoms with E-state index < -0.39 is 5.82 Å². The van der Waals surface area contributed by atoms with Crippen LogP contribution >= 0.6 is 0 Å². The molecule has 0 fully saturated rings. The summed E-state index contributed by atoms with van der Waals surface area (Å²) in [7, 11) is 0. The molecule has 4 heteroatoms. The molecule has 3 nitrogen and oxygen atoms in total. The molecule has 0 atom stereocenters. The Balaban J connectivity index is 3.07. The van der Waals surface area contributed by atoms with Crippen LogP contribution in [0.25, 0.3) is 0 Å². The van der Waals surface area contributed by atoms with Crippen molar-refractivity contribution in [2.24, 2.45) is 0 Å². The minimum Gasteiger partial charge on any atom is -0.395 e. The van der Waals surface area contributed by atoms with Gasteiger partial charge in [0.2, 0.25) is 0 Å². The van der Waals surface area contributed by atoms with Crippen LogP contribution in [-0.2, 0) is 0 Å². The topological polar surface area (TPSA) is 49.3 Å². The fraction of sp³-hybridized carbons (Fsp3) is 0.400. The lowest BCUT2D eigenvalue weighted by Gasteiger charge is -2.20. The van der Waals surface area contributed by atoms with Crippen molar-refractivity contribution in [3.8, 4) is 11.8 Å². The van der Waals surface area contributed by atoms with Gasteiger partial charge in [0, 0.05) is 17.5 Å². The van der Waals surface area contributed by atoms with E-state index in [4.69, 9.17) is 5.11 Å². The molecule has 0 saturated heterocycles. The Kier molecular flexibility index (Phi) is 5.08. The second kappa shape index (κ2) is 6.35. The summed E-state index contributed by atoms with van der Waals surface area (Å²) >= 11 is 0. The number of nitrogens with one attached hydrogen (secondary N) is 1. The van der Waals surface area contributed by atoms with Crippen molar-refractivity contribution in [2.45, 2.75) is 32.7 Å². The van der Waals surface area contributed by atoms with Gasteiger partial charge in [-0.25, -0.2) is 4.39 Å². The number of carbonyl (C=O) groups is 1. The van der Waals surface area contributed by atoms with Crippen molar-refractivity contribution < 1.29 is 14.3 Å². The largest absolute Gasteiger partial charge is 0.395 e. The van der Waals surface area contributed by atoms with Crippen LogP contribution in [0.2, 0.25) is 0 Å². The number of carbonyl (C=O) groups excluding carboxylic acids is 1. The summed E-state index contributed by atoms with van der Waals surface area (Å²) in [4.78, 5) is 12.1. The molecule has 1 amide bonds. The lowest BCUT2D eigenvalue weighted by atomic mass is 10.0. The van der Waals surface area contributed by atoms with Gasteiger partial charge in [0.05, 0.1) is 12.2 Å². The first-order chi connectivity index (χ1) is 8.83. The average Bonchev–Trinajstić information content (AvgIpc) is 2.27. The van der Waals surface area contributed by atoms with Crippen molar-refractivity contribution >= 4 is 5.91 Å². The molecule has 0 unspecified atom stereocenters. The molecule has 0 aliphatic rings. The number of benzene rings is 1. The van der Waals surface area contributed by atoms with Gasteiger partial charge < -0.3 is 10.4 Å². The van der Waals surface area contributed by atoms with Gasteiger partial charge in [0.15, 0.2) is 0 Å². The number of aliphatic hydroxyl groups is 1. The zero-order valence-electron chi connectivity index (χ0n) is 11.4. The normalized spacial score (nSPS) is 10.6. The highest BCUT2D eigenvalue weighted by atomic mass is 19.1. The van der Waals surface area contributed by atoms with E-state index in [2.05, 4.69) is 17.2 Å². The molecule has 1 aromatic rings. The Morgan fingerprint density at radius 3 is 2.68 bits per heavy atom.